The van der Waals surface area contributed by atoms with Crippen LogP contribution in [0.3, 0.4) is 0 Å². The molecule has 0 fully saturated rings. The van der Waals surface area contributed by atoms with Crippen molar-refractivity contribution in [3.05, 3.63) is 62.8 Å². The number of hydrogen-bond donors (Lipinski definition) is 1. The van der Waals surface area contributed by atoms with E-state index in [1.807, 2.05) is 4.57 Å². The van der Waals surface area contributed by atoms with Crippen LogP contribution in [0.25, 0.3) is 11.0 Å². The molecular formula is C15H11BrF2N2S. The van der Waals surface area contributed by atoms with Crippen LogP contribution >= 0.6 is 28.1 Å². The van der Waals surface area contributed by atoms with Crippen LogP contribution in [-0.2, 0) is 13.0 Å². The molecule has 0 aliphatic carbocycles. The van der Waals surface area contributed by atoms with Crippen molar-refractivity contribution >= 4 is 39.2 Å². The lowest BCUT2D eigenvalue weighted by Gasteiger charge is -2.05. The monoisotopic (exact) mass is 368 g/mol. The van der Waals surface area contributed by atoms with Gasteiger partial charge in [0.15, 0.2) is 4.77 Å². The standard InChI is InChI=1S/C15H11BrF2N2S/c16-11-7-14-13(8-12(11)18)19-15(21)20(14)6-5-9-1-3-10(17)4-2-9/h1-4,7-8H,5-6H2,(H,19,21). The third kappa shape index (κ3) is 2.91. The first-order valence-corrected chi connectivity index (χ1v) is 7.57. The molecule has 1 N–H and O–H groups in total. The number of rotatable bonds is 3. The number of aromatic nitrogens is 2. The van der Waals surface area contributed by atoms with Gasteiger partial charge in [0.25, 0.3) is 0 Å². The van der Waals surface area contributed by atoms with Crippen molar-refractivity contribution in [3.8, 4) is 0 Å². The van der Waals surface area contributed by atoms with E-state index in [4.69, 9.17) is 12.2 Å². The maximum absolute atomic E-state index is 13.5. The summed E-state index contributed by atoms with van der Waals surface area (Å²) in [5.74, 6) is -0.578. The minimum atomic E-state index is -0.329. The van der Waals surface area contributed by atoms with E-state index in [-0.39, 0.29) is 11.6 Å². The first-order chi connectivity index (χ1) is 10.0. The normalized spacial score (nSPS) is 11.2. The van der Waals surface area contributed by atoms with Gasteiger partial charge in [-0.25, -0.2) is 8.78 Å². The fourth-order valence-corrected chi connectivity index (χ4v) is 2.90. The molecule has 0 aliphatic heterocycles. The SMILES string of the molecule is Fc1ccc(CCn2c(=S)[nH]c3cc(F)c(Br)cc32)cc1. The van der Waals surface area contributed by atoms with Crippen LogP contribution in [0.4, 0.5) is 8.78 Å². The average molecular weight is 369 g/mol. The molecule has 0 bridgehead atoms. The molecule has 3 aromatic rings. The first-order valence-electron chi connectivity index (χ1n) is 6.36. The van der Waals surface area contributed by atoms with Crippen LogP contribution in [0.5, 0.6) is 0 Å². The van der Waals surface area contributed by atoms with E-state index in [9.17, 15) is 8.78 Å². The summed E-state index contributed by atoms with van der Waals surface area (Å²) in [6.45, 7) is 0.641. The summed E-state index contributed by atoms with van der Waals surface area (Å²) in [6, 6.07) is 9.52. The van der Waals surface area contributed by atoms with Gasteiger partial charge in [0.05, 0.1) is 15.5 Å². The second kappa shape index (κ2) is 5.69. The lowest BCUT2D eigenvalue weighted by atomic mass is 10.1. The van der Waals surface area contributed by atoms with Crippen LogP contribution in [0.1, 0.15) is 5.56 Å². The number of nitrogens with zero attached hydrogens (tertiary/aromatic N) is 1. The molecule has 108 valence electrons. The maximum atomic E-state index is 13.5. The summed E-state index contributed by atoms with van der Waals surface area (Å²) >= 11 is 8.47. The van der Waals surface area contributed by atoms with Crippen LogP contribution < -0.4 is 0 Å². The number of nitrogens with one attached hydrogen (secondary N) is 1. The highest BCUT2D eigenvalue weighted by Crippen LogP contribution is 2.23. The van der Waals surface area contributed by atoms with Gasteiger partial charge in [-0.3, -0.25) is 0 Å². The van der Waals surface area contributed by atoms with E-state index >= 15 is 0 Å². The number of halogens is 3. The molecule has 0 saturated heterocycles. The lowest BCUT2D eigenvalue weighted by Crippen LogP contribution is -2.01. The summed E-state index contributed by atoms with van der Waals surface area (Å²) in [6.07, 6.45) is 0.719. The topological polar surface area (TPSA) is 20.7 Å². The van der Waals surface area contributed by atoms with Gasteiger partial charge in [-0.1, -0.05) is 12.1 Å². The zero-order chi connectivity index (χ0) is 15.0. The highest BCUT2D eigenvalue weighted by molar-refractivity contribution is 9.10. The van der Waals surface area contributed by atoms with Crippen molar-refractivity contribution in [1.29, 1.82) is 0 Å². The smallest absolute Gasteiger partial charge is 0.178 e. The Morgan fingerprint density at radius 2 is 1.86 bits per heavy atom. The molecule has 6 heteroatoms. The minimum Gasteiger partial charge on any atom is -0.330 e. The zero-order valence-electron chi connectivity index (χ0n) is 10.9. The van der Waals surface area contributed by atoms with Crippen LogP contribution in [-0.4, -0.2) is 9.55 Å². The molecule has 2 aromatic carbocycles. The molecule has 0 saturated carbocycles. The van der Waals surface area contributed by atoms with Crippen molar-refractivity contribution in [2.75, 3.05) is 0 Å². The van der Waals surface area contributed by atoms with Crippen molar-refractivity contribution in [2.45, 2.75) is 13.0 Å². The lowest BCUT2D eigenvalue weighted by molar-refractivity contribution is 0.622. The molecule has 2 nitrogen and oxygen atoms in total. The third-order valence-electron chi connectivity index (χ3n) is 3.35. The van der Waals surface area contributed by atoms with Gasteiger partial charge >= 0.3 is 0 Å². The number of benzene rings is 2. The molecule has 0 unspecified atom stereocenters. The van der Waals surface area contributed by atoms with Gasteiger partial charge in [-0.05, 0) is 58.3 Å². The van der Waals surface area contributed by atoms with Crippen molar-refractivity contribution in [1.82, 2.24) is 9.55 Å². The molecule has 1 heterocycles. The summed E-state index contributed by atoms with van der Waals surface area (Å²) < 4.78 is 29.3. The van der Waals surface area contributed by atoms with Crippen molar-refractivity contribution < 1.29 is 8.78 Å². The average Bonchev–Trinajstić information content (AvgIpc) is 2.74. The molecule has 0 aliphatic rings. The number of hydrogen-bond acceptors (Lipinski definition) is 1. The van der Waals surface area contributed by atoms with Gasteiger partial charge < -0.3 is 9.55 Å². The minimum absolute atomic E-state index is 0.248. The summed E-state index contributed by atoms with van der Waals surface area (Å²) in [4.78, 5) is 3.00. The van der Waals surface area contributed by atoms with E-state index in [0.29, 0.717) is 21.3 Å². The van der Waals surface area contributed by atoms with Crippen molar-refractivity contribution in [2.24, 2.45) is 0 Å². The van der Waals surface area contributed by atoms with Crippen molar-refractivity contribution in [3.63, 3.8) is 0 Å². The molecule has 0 atom stereocenters. The third-order valence-corrected chi connectivity index (χ3v) is 4.28. The number of aryl methyl sites for hydroxylation is 2. The van der Waals surface area contributed by atoms with E-state index in [1.54, 1.807) is 18.2 Å². The Morgan fingerprint density at radius 1 is 1.14 bits per heavy atom. The van der Waals surface area contributed by atoms with Gasteiger partial charge in [-0.2, -0.15) is 0 Å². The van der Waals surface area contributed by atoms with E-state index in [2.05, 4.69) is 20.9 Å². The Morgan fingerprint density at radius 3 is 2.57 bits per heavy atom. The van der Waals surface area contributed by atoms with E-state index in [0.717, 1.165) is 17.5 Å². The predicted molar refractivity (Wildman–Crippen MR) is 84.9 cm³/mol. The predicted octanol–water partition coefficient (Wildman–Crippen LogP) is 4.98. The van der Waals surface area contributed by atoms with Gasteiger partial charge in [-0.15, -0.1) is 0 Å². The van der Waals surface area contributed by atoms with Gasteiger partial charge in [0, 0.05) is 12.6 Å². The fraction of sp³-hybridized carbons (Fsp3) is 0.133. The molecule has 0 amide bonds. The molecule has 21 heavy (non-hydrogen) atoms. The quantitative estimate of drug-likeness (QED) is 0.646. The van der Waals surface area contributed by atoms with Gasteiger partial charge in [0.1, 0.15) is 11.6 Å². The second-order valence-corrected chi connectivity index (χ2v) is 5.98. The molecule has 3 rings (SSSR count). The van der Waals surface area contributed by atoms with E-state index < -0.39 is 0 Å². The summed E-state index contributed by atoms with van der Waals surface area (Å²) in [7, 11) is 0. The number of H-pyrrole nitrogens is 1. The fourth-order valence-electron chi connectivity index (χ4n) is 2.27. The van der Waals surface area contributed by atoms with Crippen LogP contribution in [0.2, 0.25) is 0 Å². The van der Waals surface area contributed by atoms with Gasteiger partial charge in [0.2, 0.25) is 0 Å². The Labute approximate surface area is 133 Å². The highest BCUT2D eigenvalue weighted by atomic mass is 79.9. The zero-order valence-corrected chi connectivity index (χ0v) is 13.3. The Balaban J connectivity index is 1.93. The summed E-state index contributed by atoms with van der Waals surface area (Å²) in [5.41, 5.74) is 2.53. The number of imidazole rings is 1. The van der Waals surface area contributed by atoms with Crippen LogP contribution in [0, 0.1) is 16.4 Å². The molecule has 0 radical (unpaired) electrons. The maximum Gasteiger partial charge on any atom is 0.178 e. The Kier molecular flexibility index (Phi) is 3.91. The molecule has 0 spiro atoms. The van der Waals surface area contributed by atoms with E-state index in [1.165, 1.54) is 18.2 Å². The molecule has 1 aromatic heterocycles. The summed E-state index contributed by atoms with van der Waals surface area (Å²) in [5, 5.41) is 0. The number of aromatic amines is 1. The Hall–Kier alpha value is -1.53. The highest BCUT2D eigenvalue weighted by Gasteiger charge is 2.09. The largest absolute Gasteiger partial charge is 0.330 e. The number of fused-ring (bicyclic) bond motifs is 1. The first kappa shape index (κ1) is 14.4. The van der Waals surface area contributed by atoms with Crippen LogP contribution in [0.15, 0.2) is 40.9 Å². The molecular weight excluding hydrogens is 358 g/mol. The Bertz CT molecular complexity index is 852. The second-order valence-electron chi connectivity index (χ2n) is 4.74.